The molecule has 4 heterocycles. The zero-order valence-corrected chi connectivity index (χ0v) is 25.9. The topological polar surface area (TPSA) is 157 Å². The highest BCUT2D eigenvalue weighted by Gasteiger charge is 2.49. The number of methoxy groups -OCH3 is 1. The molecule has 0 bridgehead atoms. The minimum absolute atomic E-state index is 0.00155. The first kappa shape index (κ1) is 33.5. The zero-order chi connectivity index (χ0) is 32.6. The van der Waals surface area contributed by atoms with E-state index >= 15 is 0 Å². The van der Waals surface area contributed by atoms with Crippen molar-refractivity contribution in [3.8, 4) is 11.3 Å². The van der Waals surface area contributed by atoms with Gasteiger partial charge < -0.3 is 29.3 Å². The number of ether oxygens (including phenoxy) is 3. The lowest BCUT2D eigenvalue weighted by molar-refractivity contribution is -0.217. The van der Waals surface area contributed by atoms with Crippen LogP contribution < -0.4 is 0 Å². The van der Waals surface area contributed by atoms with Crippen LogP contribution in [0.3, 0.4) is 0 Å². The van der Waals surface area contributed by atoms with Crippen LogP contribution in [0.4, 0.5) is 18.0 Å². The van der Waals surface area contributed by atoms with Crippen molar-refractivity contribution in [2.24, 2.45) is 5.92 Å². The molecule has 17 heteroatoms. The molecule has 1 amide bonds. The molecule has 1 aromatic heterocycles. The Kier molecular flexibility index (Phi) is 10.1. The Labute approximate surface area is 258 Å². The molecule has 45 heavy (non-hydrogen) atoms. The minimum atomic E-state index is -3.38. The SMILES string of the molecule is CO[C@@H]1[C@@H](n2cc(-c3cc(F)c(F)c(F)c3)nn2)[C@@H](O)[C@@H](CO)O[C@@H]1C[C@@H]1CN(C2CCN(S(=O)(=O)CC(C)C)CC2)C(=O)O1. The van der Waals surface area contributed by atoms with Gasteiger partial charge in [0.2, 0.25) is 10.0 Å². The van der Waals surface area contributed by atoms with Gasteiger partial charge in [0.25, 0.3) is 0 Å². The summed E-state index contributed by atoms with van der Waals surface area (Å²) in [6.07, 6.45) is -2.87. The van der Waals surface area contributed by atoms with Gasteiger partial charge in [-0.1, -0.05) is 19.1 Å². The summed E-state index contributed by atoms with van der Waals surface area (Å²) in [4.78, 5) is 14.5. The number of benzene rings is 1. The van der Waals surface area contributed by atoms with Crippen LogP contribution in [-0.4, -0.2) is 125 Å². The molecule has 2 N–H and O–H groups in total. The van der Waals surface area contributed by atoms with Gasteiger partial charge in [-0.3, -0.25) is 0 Å². The number of nitrogens with zero attached hydrogens (tertiary/aromatic N) is 5. The van der Waals surface area contributed by atoms with Crippen LogP contribution in [0, 0.1) is 23.4 Å². The smallest absolute Gasteiger partial charge is 0.410 e. The molecule has 5 rings (SSSR count). The molecule has 0 aliphatic carbocycles. The number of amides is 1. The van der Waals surface area contributed by atoms with Crippen LogP contribution in [0.1, 0.15) is 39.2 Å². The molecule has 0 saturated carbocycles. The number of carbonyl (C=O) groups is 1. The van der Waals surface area contributed by atoms with E-state index < -0.39 is 76.7 Å². The van der Waals surface area contributed by atoms with Gasteiger partial charge >= 0.3 is 6.09 Å². The summed E-state index contributed by atoms with van der Waals surface area (Å²) in [7, 11) is -1.99. The number of aliphatic hydroxyl groups excluding tert-OH is 2. The highest BCUT2D eigenvalue weighted by atomic mass is 32.2. The molecule has 0 spiro atoms. The van der Waals surface area contributed by atoms with E-state index in [1.54, 1.807) is 4.90 Å². The minimum Gasteiger partial charge on any atom is -0.444 e. The van der Waals surface area contributed by atoms with E-state index in [1.165, 1.54) is 22.3 Å². The van der Waals surface area contributed by atoms with Crippen molar-refractivity contribution in [1.82, 2.24) is 24.2 Å². The summed E-state index contributed by atoms with van der Waals surface area (Å²) >= 11 is 0. The average Bonchev–Trinajstić information content (AvgIpc) is 3.62. The standard InChI is InChI=1S/C28H38F3N5O8S/c1-15(2)14-45(40,41)34-6-4-17(5-7-34)35-11-18(43-28(35)39)10-22-27(42-3)25(26(38)23(13-37)44-22)36-12-21(32-33-36)16-8-19(29)24(31)20(30)9-16/h8-9,12,15,17-18,22-23,25-27,37-38H,4-7,10-11,13-14H2,1-3H3/t18-,22-,23-,25+,26+,27+/m1/s1. The van der Waals surface area contributed by atoms with Gasteiger partial charge in [-0.15, -0.1) is 5.10 Å². The number of cyclic esters (lactones) is 1. The number of halogens is 3. The largest absolute Gasteiger partial charge is 0.444 e. The summed E-state index contributed by atoms with van der Waals surface area (Å²) in [6.45, 7) is 3.98. The lowest BCUT2D eigenvalue weighted by atomic mass is 9.89. The fourth-order valence-electron chi connectivity index (χ4n) is 6.39. The van der Waals surface area contributed by atoms with Gasteiger partial charge in [0.15, 0.2) is 17.5 Å². The maximum Gasteiger partial charge on any atom is 0.410 e. The van der Waals surface area contributed by atoms with Crippen LogP contribution in [0.15, 0.2) is 18.3 Å². The van der Waals surface area contributed by atoms with E-state index in [4.69, 9.17) is 14.2 Å². The number of rotatable bonds is 10. The van der Waals surface area contributed by atoms with Gasteiger partial charge in [-0.2, -0.15) is 0 Å². The van der Waals surface area contributed by atoms with Crippen LogP contribution in [0.25, 0.3) is 11.3 Å². The maximum absolute atomic E-state index is 13.8. The van der Waals surface area contributed by atoms with Crippen molar-refractivity contribution in [3.05, 3.63) is 35.8 Å². The molecule has 250 valence electrons. The van der Waals surface area contributed by atoms with Crippen molar-refractivity contribution in [2.75, 3.05) is 39.1 Å². The van der Waals surface area contributed by atoms with Crippen molar-refractivity contribution >= 4 is 16.1 Å². The highest BCUT2D eigenvalue weighted by Crippen LogP contribution is 2.36. The van der Waals surface area contributed by atoms with E-state index in [1.807, 2.05) is 13.8 Å². The number of piperidine rings is 1. The number of aromatic nitrogens is 3. The highest BCUT2D eigenvalue weighted by molar-refractivity contribution is 7.89. The molecule has 0 radical (unpaired) electrons. The monoisotopic (exact) mass is 661 g/mol. The molecule has 1 aromatic carbocycles. The Morgan fingerprint density at radius 3 is 2.40 bits per heavy atom. The number of hydrogen-bond donors (Lipinski definition) is 2. The molecule has 3 aliphatic rings. The molecular formula is C28H38F3N5O8S. The van der Waals surface area contributed by atoms with Crippen LogP contribution >= 0.6 is 0 Å². The lowest BCUT2D eigenvalue weighted by Crippen LogP contribution is -2.57. The first-order valence-corrected chi connectivity index (χ1v) is 16.4. The molecule has 3 aliphatic heterocycles. The summed E-state index contributed by atoms with van der Waals surface area (Å²) in [5.41, 5.74) is -0.0772. The van der Waals surface area contributed by atoms with Crippen molar-refractivity contribution in [1.29, 1.82) is 0 Å². The third-order valence-electron chi connectivity index (χ3n) is 8.53. The number of hydrogen-bond acceptors (Lipinski definition) is 10. The maximum atomic E-state index is 13.8. The summed E-state index contributed by atoms with van der Waals surface area (Å²) < 4.78 is 86.5. The molecule has 6 atom stereocenters. The first-order valence-electron chi connectivity index (χ1n) is 14.8. The van der Waals surface area contributed by atoms with Gasteiger partial charge in [-0.05, 0) is 30.9 Å². The van der Waals surface area contributed by atoms with Gasteiger partial charge in [0, 0.05) is 38.2 Å². The van der Waals surface area contributed by atoms with Crippen LogP contribution in [0.2, 0.25) is 0 Å². The quantitative estimate of drug-likeness (QED) is 0.360. The lowest BCUT2D eigenvalue weighted by Gasteiger charge is -2.44. The second kappa shape index (κ2) is 13.5. The number of aliphatic hydroxyl groups is 2. The summed E-state index contributed by atoms with van der Waals surface area (Å²) in [6, 6.07) is 0.365. The van der Waals surface area contributed by atoms with Gasteiger partial charge in [0.1, 0.15) is 36.2 Å². The average molecular weight is 662 g/mol. The molecular weight excluding hydrogens is 623 g/mol. The zero-order valence-electron chi connectivity index (χ0n) is 25.1. The fraction of sp³-hybridized carbons (Fsp3) is 0.679. The normalized spacial score (nSPS) is 28.6. The molecule has 3 fully saturated rings. The molecule has 2 aromatic rings. The Hall–Kier alpha value is -2.83. The van der Waals surface area contributed by atoms with Gasteiger partial charge in [0.05, 0.1) is 31.2 Å². The van der Waals surface area contributed by atoms with Crippen molar-refractivity contribution < 1.29 is 50.8 Å². The Balaban J connectivity index is 1.28. The summed E-state index contributed by atoms with van der Waals surface area (Å²) in [5, 5.41) is 29.0. The molecule has 13 nitrogen and oxygen atoms in total. The second-order valence-electron chi connectivity index (χ2n) is 12.1. The van der Waals surface area contributed by atoms with E-state index in [2.05, 4.69) is 10.3 Å². The third-order valence-corrected chi connectivity index (χ3v) is 10.8. The van der Waals surface area contributed by atoms with Gasteiger partial charge in [-0.25, -0.2) is 35.4 Å². The predicted octanol–water partition coefficient (Wildman–Crippen LogP) is 1.70. The van der Waals surface area contributed by atoms with E-state index in [0.717, 1.165) is 12.1 Å². The number of sulfonamides is 1. The second-order valence-corrected chi connectivity index (χ2v) is 14.1. The Morgan fingerprint density at radius 1 is 1.13 bits per heavy atom. The van der Waals surface area contributed by atoms with E-state index in [0.29, 0.717) is 25.9 Å². The fourth-order valence-corrected chi connectivity index (χ4v) is 8.21. The Bertz CT molecular complexity index is 1450. The first-order chi connectivity index (χ1) is 21.3. The predicted molar refractivity (Wildman–Crippen MR) is 152 cm³/mol. The summed E-state index contributed by atoms with van der Waals surface area (Å²) in [5.74, 6) is -4.35. The van der Waals surface area contributed by atoms with E-state index in [-0.39, 0.29) is 41.9 Å². The molecule has 0 unspecified atom stereocenters. The van der Waals surface area contributed by atoms with Crippen molar-refractivity contribution in [2.45, 2.75) is 75.7 Å². The third kappa shape index (κ3) is 6.97. The van der Waals surface area contributed by atoms with E-state index in [9.17, 15) is 36.6 Å². The number of carbonyl (C=O) groups excluding carboxylic acids is 1. The Morgan fingerprint density at radius 2 is 1.80 bits per heavy atom. The molecule has 3 saturated heterocycles. The van der Waals surface area contributed by atoms with Crippen molar-refractivity contribution in [3.63, 3.8) is 0 Å². The van der Waals surface area contributed by atoms with Crippen LogP contribution in [0.5, 0.6) is 0 Å². The van der Waals surface area contributed by atoms with Crippen LogP contribution in [-0.2, 0) is 24.2 Å².